The molecule has 0 spiro atoms. The lowest BCUT2D eigenvalue weighted by molar-refractivity contribution is 0.102. The van der Waals surface area contributed by atoms with Crippen LogP contribution in [0.3, 0.4) is 0 Å². The van der Waals surface area contributed by atoms with E-state index in [9.17, 15) is 4.79 Å². The van der Waals surface area contributed by atoms with E-state index in [-0.39, 0.29) is 5.91 Å². The van der Waals surface area contributed by atoms with Crippen molar-refractivity contribution in [3.8, 4) is 0 Å². The van der Waals surface area contributed by atoms with E-state index in [4.69, 9.17) is 5.73 Å². The molecule has 2 rings (SSSR count). The number of nitrogens with two attached hydrogens (primary N) is 1. The number of benzene rings is 1. The third-order valence-electron chi connectivity index (χ3n) is 2.57. The highest BCUT2D eigenvalue weighted by Gasteiger charge is 2.11. The molecule has 0 atom stereocenters. The summed E-state index contributed by atoms with van der Waals surface area (Å²) in [5.41, 5.74) is 8.57. The molecule has 5 nitrogen and oxygen atoms in total. The minimum atomic E-state index is -0.216. The first-order chi connectivity index (χ1) is 8.47. The number of amides is 1. The minimum absolute atomic E-state index is 0.216. The Morgan fingerprint density at radius 1 is 1.50 bits per heavy atom. The van der Waals surface area contributed by atoms with Gasteiger partial charge < -0.3 is 11.1 Å². The molecule has 0 aliphatic carbocycles. The quantitative estimate of drug-likeness (QED) is 0.836. The average Bonchev–Trinajstić information content (AvgIpc) is 2.73. The fourth-order valence-corrected chi connectivity index (χ4v) is 2.08. The number of carbonyl (C=O) groups is 1. The largest absolute Gasteiger partial charge is 0.398 e. The second kappa shape index (κ2) is 4.81. The second-order valence-electron chi connectivity index (χ2n) is 4.05. The summed E-state index contributed by atoms with van der Waals surface area (Å²) in [4.78, 5) is 11.9. The van der Waals surface area contributed by atoms with Crippen molar-refractivity contribution in [1.82, 2.24) is 9.78 Å². The topological polar surface area (TPSA) is 72.9 Å². The van der Waals surface area contributed by atoms with Gasteiger partial charge in [0.15, 0.2) is 0 Å². The summed E-state index contributed by atoms with van der Waals surface area (Å²) >= 11 is 3.40. The third-order valence-corrected chi connectivity index (χ3v) is 3.23. The van der Waals surface area contributed by atoms with E-state index in [2.05, 4.69) is 26.3 Å². The van der Waals surface area contributed by atoms with Gasteiger partial charge in [-0.1, -0.05) is 0 Å². The van der Waals surface area contributed by atoms with Crippen LogP contribution in [0.5, 0.6) is 0 Å². The molecule has 2 aromatic rings. The third kappa shape index (κ3) is 2.53. The predicted octanol–water partition coefficient (Wildman–Crippen LogP) is 2.33. The number of halogens is 1. The maximum atomic E-state index is 11.9. The number of rotatable bonds is 2. The van der Waals surface area contributed by atoms with Crippen molar-refractivity contribution < 1.29 is 4.79 Å². The van der Waals surface area contributed by atoms with Crippen molar-refractivity contribution in [2.75, 3.05) is 11.1 Å². The molecule has 0 saturated carbocycles. The van der Waals surface area contributed by atoms with Gasteiger partial charge in [0, 0.05) is 23.4 Å². The molecule has 0 unspecified atom stereocenters. The SMILES string of the molecule is Cc1cc(Br)c(NC(=O)c2cnn(C)c2)cc1N. The van der Waals surface area contributed by atoms with Crippen LogP contribution in [0.15, 0.2) is 29.0 Å². The van der Waals surface area contributed by atoms with Crippen molar-refractivity contribution in [1.29, 1.82) is 0 Å². The zero-order chi connectivity index (χ0) is 13.3. The molecular weight excluding hydrogens is 296 g/mol. The van der Waals surface area contributed by atoms with Crippen LogP contribution in [0.4, 0.5) is 11.4 Å². The number of nitrogen functional groups attached to an aromatic ring is 1. The van der Waals surface area contributed by atoms with Gasteiger partial charge in [0.2, 0.25) is 0 Å². The second-order valence-corrected chi connectivity index (χ2v) is 4.90. The zero-order valence-electron chi connectivity index (χ0n) is 10.1. The van der Waals surface area contributed by atoms with Gasteiger partial charge in [-0.05, 0) is 40.5 Å². The Morgan fingerprint density at radius 3 is 2.83 bits per heavy atom. The number of hydrogen-bond donors (Lipinski definition) is 2. The van der Waals surface area contributed by atoms with Gasteiger partial charge in [0.1, 0.15) is 0 Å². The van der Waals surface area contributed by atoms with E-state index in [1.165, 1.54) is 6.20 Å². The molecule has 1 heterocycles. The fraction of sp³-hybridized carbons (Fsp3) is 0.167. The normalized spacial score (nSPS) is 10.4. The monoisotopic (exact) mass is 308 g/mol. The molecule has 0 saturated heterocycles. The Labute approximate surface area is 113 Å². The summed E-state index contributed by atoms with van der Waals surface area (Å²) in [6.07, 6.45) is 3.17. The maximum absolute atomic E-state index is 11.9. The Balaban J connectivity index is 2.24. The number of carbonyl (C=O) groups excluding carboxylic acids is 1. The number of anilines is 2. The van der Waals surface area contributed by atoms with Crippen LogP contribution in [0, 0.1) is 6.92 Å². The first-order valence-corrected chi connectivity index (χ1v) is 6.12. The number of aromatic nitrogens is 2. The summed E-state index contributed by atoms with van der Waals surface area (Å²) in [5, 5.41) is 6.74. The minimum Gasteiger partial charge on any atom is -0.398 e. The zero-order valence-corrected chi connectivity index (χ0v) is 11.7. The lowest BCUT2D eigenvalue weighted by atomic mass is 10.2. The van der Waals surface area contributed by atoms with E-state index in [1.807, 2.05) is 13.0 Å². The smallest absolute Gasteiger partial charge is 0.258 e. The van der Waals surface area contributed by atoms with Crippen molar-refractivity contribution in [2.24, 2.45) is 7.05 Å². The summed E-state index contributed by atoms with van der Waals surface area (Å²) in [6, 6.07) is 3.60. The molecular formula is C12H13BrN4O. The molecule has 94 valence electrons. The highest BCUT2D eigenvalue weighted by molar-refractivity contribution is 9.10. The van der Waals surface area contributed by atoms with Crippen LogP contribution in [0.2, 0.25) is 0 Å². The standard InChI is InChI=1S/C12H13BrN4O/c1-7-3-9(13)11(4-10(7)14)16-12(18)8-5-15-17(2)6-8/h3-6H,14H2,1-2H3,(H,16,18). The highest BCUT2D eigenvalue weighted by atomic mass is 79.9. The Hall–Kier alpha value is -1.82. The van der Waals surface area contributed by atoms with E-state index in [0.717, 1.165) is 10.0 Å². The van der Waals surface area contributed by atoms with Gasteiger partial charge in [-0.3, -0.25) is 9.48 Å². The van der Waals surface area contributed by atoms with Crippen LogP contribution in [-0.2, 0) is 7.05 Å². The van der Waals surface area contributed by atoms with Gasteiger partial charge >= 0.3 is 0 Å². The van der Waals surface area contributed by atoms with Crippen LogP contribution >= 0.6 is 15.9 Å². The molecule has 0 aliphatic heterocycles. The first-order valence-electron chi connectivity index (χ1n) is 5.33. The molecule has 0 radical (unpaired) electrons. The van der Waals surface area contributed by atoms with Gasteiger partial charge in [-0.2, -0.15) is 5.10 Å². The van der Waals surface area contributed by atoms with Crippen LogP contribution in [0.1, 0.15) is 15.9 Å². The summed E-state index contributed by atoms with van der Waals surface area (Å²) < 4.78 is 2.37. The average molecular weight is 309 g/mol. The van der Waals surface area contributed by atoms with Crippen molar-refractivity contribution >= 4 is 33.2 Å². The number of aryl methyl sites for hydroxylation is 2. The molecule has 1 aromatic heterocycles. The van der Waals surface area contributed by atoms with Crippen LogP contribution in [-0.4, -0.2) is 15.7 Å². The molecule has 18 heavy (non-hydrogen) atoms. The van der Waals surface area contributed by atoms with Crippen molar-refractivity contribution in [2.45, 2.75) is 6.92 Å². The van der Waals surface area contributed by atoms with E-state index in [1.54, 1.807) is 24.0 Å². The number of hydrogen-bond acceptors (Lipinski definition) is 3. The number of nitrogens with one attached hydrogen (secondary N) is 1. The van der Waals surface area contributed by atoms with E-state index >= 15 is 0 Å². The van der Waals surface area contributed by atoms with Gasteiger partial charge in [0.05, 0.1) is 17.4 Å². The Bertz CT molecular complexity index is 606. The van der Waals surface area contributed by atoms with E-state index < -0.39 is 0 Å². The van der Waals surface area contributed by atoms with Gasteiger partial charge in [-0.15, -0.1) is 0 Å². The molecule has 1 amide bonds. The maximum Gasteiger partial charge on any atom is 0.258 e. The summed E-state index contributed by atoms with van der Waals surface area (Å²) in [5.74, 6) is -0.216. The fourth-order valence-electron chi connectivity index (χ4n) is 1.52. The molecule has 3 N–H and O–H groups in total. The highest BCUT2D eigenvalue weighted by Crippen LogP contribution is 2.28. The molecule has 0 fully saturated rings. The molecule has 6 heteroatoms. The van der Waals surface area contributed by atoms with Crippen LogP contribution in [0.25, 0.3) is 0 Å². The van der Waals surface area contributed by atoms with Crippen LogP contribution < -0.4 is 11.1 Å². The Morgan fingerprint density at radius 2 is 2.22 bits per heavy atom. The summed E-state index contributed by atoms with van der Waals surface area (Å²) in [6.45, 7) is 1.91. The lowest BCUT2D eigenvalue weighted by Crippen LogP contribution is -2.12. The van der Waals surface area contributed by atoms with Crippen molar-refractivity contribution in [3.63, 3.8) is 0 Å². The predicted molar refractivity (Wildman–Crippen MR) is 74.5 cm³/mol. The first kappa shape index (κ1) is 12.6. The number of nitrogens with zero attached hydrogens (tertiary/aromatic N) is 2. The Kier molecular flexibility index (Phi) is 3.38. The van der Waals surface area contributed by atoms with Gasteiger partial charge in [-0.25, -0.2) is 0 Å². The summed E-state index contributed by atoms with van der Waals surface area (Å²) in [7, 11) is 1.76. The molecule has 0 aliphatic rings. The molecule has 1 aromatic carbocycles. The van der Waals surface area contributed by atoms with Crippen molar-refractivity contribution in [3.05, 3.63) is 40.1 Å². The van der Waals surface area contributed by atoms with Gasteiger partial charge in [0.25, 0.3) is 5.91 Å². The van der Waals surface area contributed by atoms with E-state index in [0.29, 0.717) is 16.9 Å². The molecule has 0 bridgehead atoms. The lowest BCUT2D eigenvalue weighted by Gasteiger charge is -2.09.